The molecule has 7 nitrogen and oxygen atoms in total. The molecule has 0 aromatic carbocycles. The predicted molar refractivity (Wildman–Crippen MR) is 80.8 cm³/mol. The number of amides is 2. The fourth-order valence-corrected chi connectivity index (χ4v) is 2.45. The first-order valence-electron chi connectivity index (χ1n) is 7.45. The summed E-state index contributed by atoms with van der Waals surface area (Å²) in [6.45, 7) is 2.52. The van der Waals surface area contributed by atoms with E-state index in [2.05, 4.69) is 20.5 Å². The number of nitrogens with one attached hydrogen (secondary N) is 1. The number of aromatic nitrogens is 4. The molecular formula is C15H20N6O. The quantitative estimate of drug-likeness (QED) is 0.911. The van der Waals surface area contributed by atoms with Crippen LogP contribution in [0, 0.1) is 0 Å². The van der Waals surface area contributed by atoms with Crippen molar-refractivity contribution < 1.29 is 4.79 Å². The molecule has 2 aromatic rings. The van der Waals surface area contributed by atoms with Crippen molar-refractivity contribution in [1.29, 1.82) is 0 Å². The maximum atomic E-state index is 12.6. The van der Waals surface area contributed by atoms with Gasteiger partial charge in [0.25, 0.3) is 0 Å². The second kappa shape index (κ2) is 6.13. The van der Waals surface area contributed by atoms with Crippen LogP contribution in [0.3, 0.4) is 0 Å². The lowest BCUT2D eigenvalue weighted by atomic mass is 10.2. The second-order valence-corrected chi connectivity index (χ2v) is 5.69. The summed E-state index contributed by atoms with van der Waals surface area (Å²) in [6.07, 6.45) is 7.27. The van der Waals surface area contributed by atoms with Gasteiger partial charge in [-0.3, -0.25) is 4.98 Å². The van der Waals surface area contributed by atoms with Crippen molar-refractivity contribution >= 4 is 6.03 Å². The van der Waals surface area contributed by atoms with Gasteiger partial charge in [0.05, 0.1) is 6.04 Å². The summed E-state index contributed by atoms with van der Waals surface area (Å²) in [5, 5.41) is 10.9. The Morgan fingerprint density at radius 2 is 2.18 bits per heavy atom. The fourth-order valence-electron chi connectivity index (χ4n) is 2.45. The van der Waals surface area contributed by atoms with Crippen LogP contribution in [0.5, 0.6) is 0 Å². The molecule has 1 saturated carbocycles. The van der Waals surface area contributed by atoms with Crippen LogP contribution in [0.2, 0.25) is 0 Å². The third kappa shape index (κ3) is 3.24. The zero-order valence-corrected chi connectivity index (χ0v) is 12.8. The van der Waals surface area contributed by atoms with Gasteiger partial charge in [0.15, 0.2) is 5.82 Å². The van der Waals surface area contributed by atoms with E-state index in [9.17, 15) is 4.79 Å². The van der Waals surface area contributed by atoms with Gasteiger partial charge in [-0.2, -0.15) is 0 Å². The topological polar surface area (TPSA) is 75.9 Å². The molecule has 2 heterocycles. The van der Waals surface area contributed by atoms with Gasteiger partial charge >= 0.3 is 6.03 Å². The van der Waals surface area contributed by atoms with Gasteiger partial charge in [-0.15, -0.1) is 10.2 Å². The van der Waals surface area contributed by atoms with Crippen LogP contribution >= 0.6 is 0 Å². The van der Waals surface area contributed by atoms with Crippen LogP contribution in [0.25, 0.3) is 0 Å². The average Bonchev–Trinajstić information content (AvgIpc) is 3.26. The minimum absolute atomic E-state index is 0.0604. The standard InChI is InChI=1S/C15H20N6O/c1-11(14-19-17-10-20(14)2)18-15(22)21(13-3-4-13)9-12-5-7-16-8-6-12/h5-8,10-11,13H,3-4,9H2,1-2H3,(H,18,22)/t11-/m0/s1. The average molecular weight is 300 g/mol. The van der Waals surface area contributed by atoms with Gasteiger partial charge in [0.1, 0.15) is 6.33 Å². The third-order valence-corrected chi connectivity index (χ3v) is 3.82. The molecule has 2 amide bonds. The molecule has 22 heavy (non-hydrogen) atoms. The molecule has 7 heteroatoms. The van der Waals surface area contributed by atoms with E-state index < -0.39 is 0 Å². The number of pyridine rings is 1. The normalized spacial score (nSPS) is 15.4. The zero-order valence-electron chi connectivity index (χ0n) is 12.8. The van der Waals surface area contributed by atoms with Gasteiger partial charge in [-0.1, -0.05) is 0 Å². The summed E-state index contributed by atoms with van der Waals surface area (Å²) in [4.78, 5) is 18.5. The Labute approximate surface area is 129 Å². The van der Waals surface area contributed by atoms with Crippen LogP contribution < -0.4 is 5.32 Å². The molecule has 1 N–H and O–H groups in total. The van der Waals surface area contributed by atoms with Gasteiger partial charge < -0.3 is 14.8 Å². The van der Waals surface area contributed by atoms with Gasteiger partial charge in [0.2, 0.25) is 0 Å². The van der Waals surface area contributed by atoms with Crippen LogP contribution in [-0.4, -0.2) is 36.7 Å². The zero-order chi connectivity index (χ0) is 15.5. The van der Waals surface area contributed by atoms with Crippen molar-refractivity contribution in [2.75, 3.05) is 0 Å². The van der Waals surface area contributed by atoms with E-state index in [0.717, 1.165) is 24.2 Å². The van der Waals surface area contributed by atoms with Crippen molar-refractivity contribution in [3.8, 4) is 0 Å². The van der Waals surface area contributed by atoms with Crippen molar-refractivity contribution in [3.63, 3.8) is 0 Å². The maximum absolute atomic E-state index is 12.6. The van der Waals surface area contributed by atoms with Gasteiger partial charge in [0, 0.05) is 32.0 Å². The number of hydrogen-bond acceptors (Lipinski definition) is 4. The Hall–Kier alpha value is -2.44. The monoisotopic (exact) mass is 300 g/mol. The highest BCUT2D eigenvalue weighted by atomic mass is 16.2. The van der Waals surface area contributed by atoms with Crippen LogP contribution in [0.15, 0.2) is 30.9 Å². The van der Waals surface area contributed by atoms with E-state index in [1.165, 1.54) is 0 Å². The molecule has 1 aliphatic rings. The molecule has 0 saturated heterocycles. The molecule has 0 bridgehead atoms. The summed E-state index contributed by atoms with van der Waals surface area (Å²) >= 11 is 0. The summed E-state index contributed by atoms with van der Waals surface area (Å²) < 4.78 is 1.81. The molecule has 1 atom stereocenters. The highest BCUT2D eigenvalue weighted by Crippen LogP contribution is 2.28. The molecule has 0 unspecified atom stereocenters. The summed E-state index contributed by atoms with van der Waals surface area (Å²) in [7, 11) is 1.87. The molecule has 1 fully saturated rings. The molecular weight excluding hydrogens is 280 g/mol. The number of hydrogen-bond donors (Lipinski definition) is 1. The van der Waals surface area contributed by atoms with Crippen molar-refractivity contribution in [2.24, 2.45) is 7.05 Å². The van der Waals surface area contributed by atoms with E-state index in [-0.39, 0.29) is 12.1 Å². The minimum atomic E-state index is -0.182. The van der Waals surface area contributed by atoms with E-state index in [0.29, 0.717) is 12.6 Å². The largest absolute Gasteiger partial charge is 0.328 e. The van der Waals surface area contributed by atoms with Gasteiger partial charge in [-0.05, 0) is 37.5 Å². The van der Waals surface area contributed by atoms with Crippen LogP contribution in [0.4, 0.5) is 4.79 Å². The highest BCUT2D eigenvalue weighted by Gasteiger charge is 2.33. The van der Waals surface area contributed by atoms with E-state index >= 15 is 0 Å². The lowest BCUT2D eigenvalue weighted by Gasteiger charge is -2.25. The Bertz CT molecular complexity index is 636. The first-order chi connectivity index (χ1) is 10.6. The minimum Gasteiger partial charge on any atom is -0.328 e. The number of aryl methyl sites for hydroxylation is 1. The Balaban J connectivity index is 1.67. The molecule has 1 aliphatic carbocycles. The van der Waals surface area contributed by atoms with Crippen LogP contribution in [0.1, 0.15) is 37.2 Å². The highest BCUT2D eigenvalue weighted by molar-refractivity contribution is 5.75. The number of carbonyl (C=O) groups excluding carboxylic acids is 1. The van der Waals surface area contributed by atoms with E-state index in [1.807, 2.05) is 35.6 Å². The molecule has 0 radical (unpaired) electrons. The smallest absolute Gasteiger partial charge is 0.318 e. The van der Waals surface area contributed by atoms with E-state index in [1.54, 1.807) is 18.7 Å². The first kappa shape index (κ1) is 14.5. The summed E-state index contributed by atoms with van der Waals surface area (Å²) in [5.41, 5.74) is 1.09. The lowest BCUT2D eigenvalue weighted by Crippen LogP contribution is -2.42. The first-order valence-corrected chi connectivity index (χ1v) is 7.45. The van der Waals surface area contributed by atoms with E-state index in [4.69, 9.17) is 0 Å². The van der Waals surface area contributed by atoms with Crippen molar-refractivity contribution in [3.05, 3.63) is 42.2 Å². The summed E-state index contributed by atoms with van der Waals surface area (Å²) in [6, 6.07) is 3.97. The van der Waals surface area contributed by atoms with Crippen molar-refractivity contribution in [2.45, 2.75) is 38.4 Å². The Morgan fingerprint density at radius 1 is 1.45 bits per heavy atom. The lowest BCUT2D eigenvalue weighted by molar-refractivity contribution is 0.188. The maximum Gasteiger partial charge on any atom is 0.318 e. The molecule has 0 aliphatic heterocycles. The molecule has 2 aromatic heterocycles. The summed E-state index contributed by atoms with van der Waals surface area (Å²) in [5.74, 6) is 0.744. The predicted octanol–water partition coefficient (Wildman–Crippen LogP) is 1.65. The second-order valence-electron chi connectivity index (χ2n) is 5.69. The van der Waals surface area contributed by atoms with Gasteiger partial charge in [-0.25, -0.2) is 4.79 Å². The number of nitrogens with zero attached hydrogens (tertiary/aromatic N) is 5. The SMILES string of the molecule is C[C@H](NC(=O)N(Cc1ccncc1)C1CC1)c1nncn1C. The Morgan fingerprint density at radius 3 is 2.77 bits per heavy atom. The van der Waals surface area contributed by atoms with Crippen molar-refractivity contribution in [1.82, 2.24) is 30.0 Å². The molecule has 3 rings (SSSR count). The van der Waals surface area contributed by atoms with Crippen LogP contribution in [-0.2, 0) is 13.6 Å². The number of rotatable bonds is 5. The molecule has 0 spiro atoms. The Kier molecular flexibility index (Phi) is 4.04. The third-order valence-electron chi connectivity index (χ3n) is 3.82. The fraction of sp³-hybridized carbons (Fsp3) is 0.467. The number of urea groups is 1. The molecule has 116 valence electrons. The number of carbonyl (C=O) groups is 1.